The molecule has 198 valence electrons. The average molecular weight is 519 g/mol. The van der Waals surface area contributed by atoms with Crippen LogP contribution in [0.1, 0.15) is 13.3 Å². The van der Waals surface area contributed by atoms with E-state index in [0.717, 1.165) is 16.7 Å². The first-order chi connectivity index (χ1) is 17.7. The molecule has 2 aliphatic rings. The van der Waals surface area contributed by atoms with Crippen molar-refractivity contribution in [2.75, 3.05) is 37.6 Å². The molecule has 0 spiro atoms. The lowest BCUT2D eigenvalue weighted by Crippen LogP contribution is -2.71. The molecular weight excluding hydrogens is 490 g/mol. The summed E-state index contributed by atoms with van der Waals surface area (Å²) in [7, 11) is 0. The van der Waals surface area contributed by atoms with Gasteiger partial charge in [0.15, 0.2) is 11.6 Å². The third-order valence-corrected chi connectivity index (χ3v) is 7.11. The van der Waals surface area contributed by atoms with Crippen molar-refractivity contribution >= 4 is 23.6 Å². The summed E-state index contributed by atoms with van der Waals surface area (Å²) >= 11 is 0. The third-order valence-electron chi connectivity index (χ3n) is 7.11. The summed E-state index contributed by atoms with van der Waals surface area (Å²) < 4.78 is 33.4. The summed E-state index contributed by atoms with van der Waals surface area (Å²) in [4.78, 5) is 43.3. The van der Waals surface area contributed by atoms with Gasteiger partial charge < -0.3 is 19.6 Å². The maximum atomic E-state index is 14.2. The molecule has 2 aromatic rings. The fraction of sp³-hybridized carbons (Fsp3) is 0.400. The van der Waals surface area contributed by atoms with E-state index in [1.807, 2.05) is 30.3 Å². The van der Waals surface area contributed by atoms with Gasteiger partial charge in [0.05, 0.1) is 12.5 Å². The highest BCUT2D eigenvalue weighted by molar-refractivity contribution is 5.96. The Morgan fingerprint density at radius 3 is 2.32 bits per heavy atom. The van der Waals surface area contributed by atoms with E-state index in [1.165, 1.54) is 29.4 Å². The Balaban J connectivity index is 1.58. The molecule has 0 saturated carbocycles. The van der Waals surface area contributed by atoms with Gasteiger partial charge in [0.25, 0.3) is 0 Å². The smallest absolute Gasteiger partial charge is 0.408 e. The van der Waals surface area contributed by atoms with Crippen molar-refractivity contribution < 1.29 is 38.2 Å². The van der Waals surface area contributed by atoms with Crippen LogP contribution in [0.25, 0.3) is 0 Å². The number of piperazine rings is 1. The van der Waals surface area contributed by atoms with Crippen LogP contribution in [-0.4, -0.2) is 82.4 Å². The fourth-order valence-electron chi connectivity index (χ4n) is 5.10. The van der Waals surface area contributed by atoms with E-state index in [1.54, 1.807) is 0 Å². The SMILES string of the molecule is C[C@@]1(C(=O)N2CCN(c3ccccc3)CC2)[C@@H](C(=O)NO)C[C@H](Oc2cccc(F)c2F)CN1C(=O)O. The van der Waals surface area contributed by atoms with Gasteiger partial charge in [-0.2, -0.15) is 4.39 Å². The van der Waals surface area contributed by atoms with E-state index < -0.39 is 52.9 Å². The Morgan fingerprint density at radius 1 is 1.03 bits per heavy atom. The van der Waals surface area contributed by atoms with Crippen LogP contribution in [0, 0.1) is 17.6 Å². The number of nitrogens with one attached hydrogen (secondary N) is 1. The molecule has 0 aromatic heterocycles. The molecule has 0 unspecified atom stereocenters. The predicted octanol–water partition coefficient (Wildman–Crippen LogP) is 2.33. The predicted molar refractivity (Wildman–Crippen MR) is 127 cm³/mol. The molecule has 2 heterocycles. The van der Waals surface area contributed by atoms with E-state index in [-0.39, 0.29) is 13.0 Å². The minimum Gasteiger partial charge on any atom is -0.485 e. The van der Waals surface area contributed by atoms with E-state index in [4.69, 9.17) is 4.74 Å². The van der Waals surface area contributed by atoms with E-state index in [0.29, 0.717) is 26.2 Å². The van der Waals surface area contributed by atoms with Gasteiger partial charge in [0.2, 0.25) is 17.6 Å². The zero-order valence-electron chi connectivity index (χ0n) is 20.1. The standard InChI is InChI=1S/C25H28F2N4O6/c1-25(23(33)30-12-10-29(11-13-30)16-6-3-2-4-7-16)18(22(32)28-36)14-17(15-31(25)24(34)35)37-20-9-5-8-19(26)21(20)27/h2-9,17-18,36H,10-15H2,1H3,(H,28,32)(H,34,35)/t17-,18+,25-/m0/s1. The number of piperidine rings is 1. The Morgan fingerprint density at radius 2 is 1.70 bits per heavy atom. The zero-order valence-corrected chi connectivity index (χ0v) is 20.1. The van der Waals surface area contributed by atoms with Crippen LogP contribution in [0.15, 0.2) is 48.5 Å². The number of halogens is 2. The highest BCUT2D eigenvalue weighted by atomic mass is 19.2. The van der Waals surface area contributed by atoms with Gasteiger partial charge in [-0.05, 0) is 31.2 Å². The number of amides is 3. The Hall–Kier alpha value is -3.93. The number of ether oxygens (including phenoxy) is 1. The quantitative estimate of drug-likeness (QED) is 0.410. The van der Waals surface area contributed by atoms with E-state index >= 15 is 0 Å². The monoisotopic (exact) mass is 518 g/mol. The minimum absolute atomic E-state index is 0.224. The number of carboxylic acid groups (broad SMARTS) is 1. The van der Waals surface area contributed by atoms with Gasteiger partial charge in [0.1, 0.15) is 11.6 Å². The number of anilines is 1. The number of rotatable bonds is 5. The highest BCUT2D eigenvalue weighted by Gasteiger charge is 2.57. The van der Waals surface area contributed by atoms with Crippen LogP contribution in [0.3, 0.4) is 0 Å². The molecule has 2 aromatic carbocycles. The van der Waals surface area contributed by atoms with Gasteiger partial charge in [-0.25, -0.2) is 14.7 Å². The zero-order chi connectivity index (χ0) is 26.7. The lowest BCUT2D eigenvalue weighted by molar-refractivity contribution is -0.161. The number of carbonyl (C=O) groups excluding carboxylic acids is 2. The largest absolute Gasteiger partial charge is 0.485 e. The molecule has 3 N–H and O–H groups in total. The number of para-hydroxylation sites is 1. The Kier molecular flexibility index (Phi) is 7.48. The second-order valence-corrected chi connectivity index (χ2v) is 9.21. The molecule has 3 amide bonds. The summed E-state index contributed by atoms with van der Waals surface area (Å²) in [5.74, 6) is -5.81. The topological polar surface area (TPSA) is 123 Å². The normalized spacial score (nSPS) is 23.9. The van der Waals surface area contributed by atoms with Gasteiger partial charge in [0, 0.05) is 38.3 Å². The summed E-state index contributed by atoms with van der Waals surface area (Å²) in [6.07, 6.45) is -2.81. The van der Waals surface area contributed by atoms with Crippen molar-refractivity contribution in [3.05, 3.63) is 60.2 Å². The second-order valence-electron chi connectivity index (χ2n) is 9.21. The van der Waals surface area contributed by atoms with Crippen LogP contribution in [0.5, 0.6) is 5.75 Å². The maximum Gasteiger partial charge on any atom is 0.408 e. The van der Waals surface area contributed by atoms with Crippen molar-refractivity contribution in [2.45, 2.75) is 25.0 Å². The Labute approximate surface area is 212 Å². The summed E-state index contributed by atoms with van der Waals surface area (Å²) in [5, 5.41) is 19.4. The summed E-state index contributed by atoms with van der Waals surface area (Å²) in [6.45, 7) is 2.54. The lowest BCUT2D eigenvalue weighted by Gasteiger charge is -2.51. The van der Waals surface area contributed by atoms with Crippen LogP contribution in [0.4, 0.5) is 19.3 Å². The Bertz CT molecular complexity index is 1160. The first-order valence-electron chi connectivity index (χ1n) is 11.8. The number of hydrogen-bond donors (Lipinski definition) is 3. The average Bonchev–Trinajstić information content (AvgIpc) is 2.91. The number of hydroxylamine groups is 1. The minimum atomic E-state index is -1.88. The van der Waals surface area contributed by atoms with E-state index in [2.05, 4.69) is 4.90 Å². The van der Waals surface area contributed by atoms with Crippen LogP contribution in [-0.2, 0) is 9.59 Å². The molecular formula is C25H28F2N4O6. The van der Waals surface area contributed by atoms with Gasteiger partial charge in [-0.15, -0.1) is 0 Å². The number of benzene rings is 2. The molecule has 0 aliphatic carbocycles. The first-order valence-corrected chi connectivity index (χ1v) is 11.8. The molecule has 12 heteroatoms. The highest BCUT2D eigenvalue weighted by Crippen LogP contribution is 2.38. The van der Waals surface area contributed by atoms with Gasteiger partial charge in [-0.3, -0.25) is 19.7 Å². The van der Waals surface area contributed by atoms with Crippen molar-refractivity contribution in [2.24, 2.45) is 5.92 Å². The van der Waals surface area contributed by atoms with E-state index in [9.17, 15) is 33.5 Å². The van der Waals surface area contributed by atoms with Crippen molar-refractivity contribution in [3.63, 3.8) is 0 Å². The number of nitrogens with zero attached hydrogens (tertiary/aromatic N) is 3. The van der Waals surface area contributed by atoms with Crippen LogP contribution >= 0.6 is 0 Å². The second kappa shape index (κ2) is 10.6. The molecule has 3 atom stereocenters. The molecule has 37 heavy (non-hydrogen) atoms. The first kappa shape index (κ1) is 26.1. The fourth-order valence-corrected chi connectivity index (χ4v) is 5.10. The molecule has 10 nitrogen and oxygen atoms in total. The van der Waals surface area contributed by atoms with Crippen molar-refractivity contribution in [3.8, 4) is 5.75 Å². The summed E-state index contributed by atoms with van der Waals surface area (Å²) in [5.41, 5.74) is 0.626. The number of carbonyl (C=O) groups is 3. The summed E-state index contributed by atoms with van der Waals surface area (Å²) in [6, 6.07) is 12.9. The van der Waals surface area contributed by atoms with Gasteiger partial charge >= 0.3 is 6.09 Å². The van der Waals surface area contributed by atoms with Crippen LogP contribution < -0.4 is 15.1 Å². The number of hydrogen-bond acceptors (Lipinski definition) is 6. The van der Waals surface area contributed by atoms with Crippen molar-refractivity contribution in [1.82, 2.24) is 15.3 Å². The number of likely N-dealkylation sites (tertiary alicyclic amines) is 1. The molecule has 0 bridgehead atoms. The van der Waals surface area contributed by atoms with Crippen molar-refractivity contribution in [1.29, 1.82) is 0 Å². The molecule has 2 aliphatic heterocycles. The molecule has 0 radical (unpaired) electrons. The molecule has 4 rings (SSSR count). The van der Waals surface area contributed by atoms with Crippen LogP contribution in [0.2, 0.25) is 0 Å². The third kappa shape index (κ3) is 5.01. The lowest BCUT2D eigenvalue weighted by atomic mass is 9.75. The maximum absolute atomic E-state index is 14.2. The molecule has 2 saturated heterocycles. The molecule has 2 fully saturated rings. The van der Waals surface area contributed by atoms with Gasteiger partial charge in [-0.1, -0.05) is 24.3 Å².